The lowest BCUT2D eigenvalue weighted by atomic mass is 9.97. The number of aromatic nitrogens is 2. The van der Waals surface area contributed by atoms with Crippen LogP contribution in [0.4, 0.5) is 0 Å². The van der Waals surface area contributed by atoms with E-state index >= 15 is 0 Å². The van der Waals surface area contributed by atoms with Gasteiger partial charge in [0.1, 0.15) is 6.33 Å². The number of thiophene rings is 1. The highest BCUT2D eigenvalue weighted by atomic mass is 32.1. The molecule has 0 atom stereocenters. The average Bonchev–Trinajstić information content (AvgIpc) is 3.40. The number of rotatable bonds is 3. The molecule has 3 aromatic carbocycles. The van der Waals surface area contributed by atoms with Gasteiger partial charge in [0.25, 0.3) is 0 Å². The zero-order chi connectivity index (χ0) is 20.1. The summed E-state index contributed by atoms with van der Waals surface area (Å²) in [7, 11) is 0. The molecule has 0 N–H and O–H groups in total. The van der Waals surface area contributed by atoms with Crippen molar-refractivity contribution in [2.45, 2.75) is 32.1 Å². The van der Waals surface area contributed by atoms with Gasteiger partial charge in [0.2, 0.25) is 0 Å². The minimum atomic E-state index is 0.537. The molecule has 0 aliphatic heterocycles. The third-order valence-electron chi connectivity index (χ3n) is 6.24. The first-order valence-electron chi connectivity index (χ1n) is 10.9. The van der Waals surface area contributed by atoms with Crippen LogP contribution in [0.2, 0.25) is 0 Å². The Morgan fingerprint density at radius 3 is 2.72 bits per heavy atom. The summed E-state index contributed by atoms with van der Waals surface area (Å²) in [5, 5.41) is 3.26. The van der Waals surface area contributed by atoms with Crippen LogP contribution < -0.4 is 0 Å². The first-order valence-corrected chi connectivity index (χ1v) is 11.2. The van der Waals surface area contributed by atoms with Gasteiger partial charge in [-0.15, -0.1) is 11.3 Å². The molecule has 0 radical (unpaired) electrons. The molecule has 29 heavy (non-hydrogen) atoms. The Hall–Kier alpha value is -2.78. The van der Waals surface area contributed by atoms with Gasteiger partial charge in [-0.25, -0.2) is 9.97 Å². The fraction of sp³-hybridized carbons (Fsp3) is 0.231. The maximum Gasteiger partial charge on any atom is 0.116 e. The molecule has 1 saturated carbocycles. The summed E-state index contributed by atoms with van der Waals surface area (Å²) < 4.78 is 10.9. The molecule has 5 aromatic rings. The lowest BCUT2D eigenvalue weighted by Gasteiger charge is -2.08. The topological polar surface area (TPSA) is 25.8 Å². The van der Waals surface area contributed by atoms with Crippen molar-refractivity contribution in [3.63, 3.8) is 0 Å². The van der Waals surface area contributed by atoms with E-state index in [9.17, 15) is 0 Å². The van der Waals surface area contributed by atoms with Crippen LogP contribution in [0.15, 0.2) is 67.0 Å². The number of hydrogen-bond donors (Lipinski definition) is 0. The van der Waals surface area contributed by atoms with Crippen LogP contribution in [0, 0.1) is 5.92 Å². The lowest BCUT2D eigenvalue weighted by Crippen LogP contribution is -1.98. The number of benzene rings is 3. The van der Waals surface area contributed by atoms with Crippen molar-refractivity contribution in [3.8, 4) is 11.3 Å². The third kappa shape index (κ3) is 3.01. The van der Waals surface area contributed by atoms with E-state index in [1.807, 2.05) is 24.3 Å². The molecule has 0 saturated heterocycles. The van der Waals surface area contributed by atoms with E-state index < -0.39 is 0 Å². The molecule has 2 nitrogen and oxygen atoms in total. The second-order valence-electron chi connectivity index (χ2n) is 8.16. The molecule has 1 aliphatic carbocycles. The smallest absolute Gasteiger partial charge is 0.116 e. The molecule has 0 unspecified atom stereocenters. The van der Waals surface area contributed by atoms with Crippen molar-refractivity contribution in [1.29, 1.82) is 0 Å². The van der Waals surface area contributed by atoms with E-state index in [2.05, 4.69) is 40.3 Å². The van der Waals surface area contributed by atoms with Gasteiger partial charge in [-0.05, 0) is 40.8 Å². The van der Waals surface area contributed by atoms with Gasteiger partial charge in [0, 0.05) is 15.6 Å². The summed E-state index contributed by atoms with van der Waals surface area (Å²) in [5.41, 5.74) is 4.38. The van der Waals surface area contributed by atoms with E-state index in [1.165, 1.54) is 47.8 Å². The largest absolute Gasteiger partial charge is 0.235 e. The average molecular weight is 396 g/mol. The maximum atomic E-state index is 8.46. The summed E-state index contributed by atoms with van der Waals surface area (Å²) in [6, 6.07) is 19.6. The van der Waals surface area contributed by atoms with Gasteiger partial charge in [-0.3, -0.25) is 0 Å². The molecule has 1 fully saturated rings. The Morgan fingerprint density at radius 2 is 1.83 bits per heavy atom. The molecule has 0 bridgehead atoms. The SMILES string of the molecule is [2H]c1cc(-c2ncnc3c2sc2cc(CC4CCCC4)ccc23)cc2ccccc12. The molecule has 3 heteroatoms. The minimum absolute atomic E-state index is 0.537. The number of nitrogens with zero attached hydrogens (tertiary/aromatic N) is 2. The van der Waals surface area contributed by atoms with Gasteiger partial charge in [-0.1, -0.05) is 74.2 Å². The Labute approximate surface area is 175 Å². The monoisotopic (exact) mass is 395 g/mol. The fourth-order valence-electron chi connectivity index (χ4n) is 4.76. The van der Waals surface area contributed by atoms with Crippen LogP contribution in [-0.4, -0.2) is 9.97 Å². The van der Waals surface area contributed by atoms with Crippen molar-refractivity contribution in [2.75, 3.05) is 0 Å². The number of hydrogen-bond acceptors (Lipinski definition) is 3. The van der Waals surface area contributed by atoms with Gasteiger partial charge < -0.3 is 0 Å². The predicted octanol–water partition coefficient (Wildman–Crippen LogP) is 7.40. The van der Waals surface area contributed by atoms with Gasteiger partial charge in [0.05, 0.1) is 17.3 Å². The van der Waals surface area contributed by atoms with Crippen molar-refractivity contribution >= 4 is 42.4 Å². The van der Waals surface area contributed by atoms with Crippen molar-refractivity contribution < 1.29 is 1.37 Å². The summed E-state index contributed by atoms with van der Waals surface area (Å²) >= 11 is 1.78. The van der Waals surface area contributed by atoms with Crippen LogP contribution >= 0.6 is 11.3 Å². The Morgan fingerprint density at radius 1 is 0.966 bits per heavy atom. The summed E-state index contributed by atoms with van der Waals surface area (Å²) in [5.74, 6) is 0.847. The maximum absolute atomic E-state index is 8.46. The second-order valence-corrected chi connectivity index (χ2v) is 9.21. The Balaban J connectivity index is 1.49. The van der Waals surface area contributed by atoms with Crippen molar-refractivity contribution in [2.24, 2.45) is 5.92 Å². The molecular formula is C26H22N2S. The predicted molar refractivity (Wildman–Crippen MR) is 124 cm³/mol. The zero-order valence-corrected chi connectivity index (χ0v) is 17.0. The first kappa shape index (κ1) is 16.1. The first-order chi connectivity index (χ1) is 14.8. The summed E-state index contributed by atoms with van der Waals surface area (Å²) in [6.07, 6.45) is 8.37. The van der Waals surface area contributed by atoms with Gasteiger partial charge in [0.15, 0.2) is 0 Å². The minimum Gasteiger partial charge on any atom is -0.235 e. The highest BCUT2D eigenvalue weighted by Gasteiger charge is 2.17. The Bertz CT molecular complexity index is 1400. The molecule has 6 rings (SSSR count). The van der Waals surface area contributed by atoms with Crippen LogP contribution in [0.1, 0.15) is 32.6 Å². The molecule has 1 aliphatic rings. The van der Waals surface area contributed by atoms with Crippen molar-refractivity contribution in [1.82, 2.24) is 9.97 Å². The second kappa shape index (κ2) is 6.93. The molecule has 0 amide bonds. The highest BCUT2D eigenvalue weighted by molar-refractivity contribution is 7.26. The molecule has 0 spiro atoms. The van der Waals surface area contributed by atoms with Gasteiger partial charge >= 0.3 is 0 Å². The van der Waals surface area contributed by atoms with Gasteiger partial charge in [-0.2, -0.15) is 0 Å². The lowest BCUT2D eigenvalue weighted by molar-refractivity contribution is 0.547. The Kier molecular flexibility index (Phi) is 3.84. The molecule has 142 valence electrons. The van der Waals surface area contributed by atoms with E-state index in [-0.39, 0.29) is 0 Å². The van der Waals surface area contributed by atoms with Crippen LogP contribution in [0.3, 0.4) is 0 Å². The van der Waals surface area contributed by atoms with Crippen LogP contribution in [0.25, 0.3) is 42.3 Å². The van der Waals surface area contributed by atoms with E-state index in [0.29, 0.717) is 6.04 Å². The van der Waals surface area contributed by atoms with Crippen LogP contribution in [-0.2, 0) is 6.42 Å². The van der Waals surface area contributed by atoms with Crippen molar-refractivity contribution in [3.05, 3.63) is 72.5 Å². The quantitative estimate of drug-likeness (QED) is 0.318. The molecule has 2 aromatic heterocycles. The molecule has 2 heterocycles. The third-order valence-corrected chi connectivity index (χ3v) is 7.39. The van der Waals surface area contributed by atoms with E-state index in [1.54, 1.807) is 17.7 Å². The highest BCUT2D eigenvalue weighted by Crippen LogP contribution is 2.39. The summed E-state index contributed by atoms with van der Waals surface area (Å²) in [4.78, 5) is 9.27. The standard InChI is InChI=1S/C26H22N2S/c1-2-6-17(5-1)13-18-9-12-22-23(14-18)29-26-24(27-16-28-25(22)26)21-11-10-19-7-3-4-8-20(19)15-21/h3-4,7-12,14-17H,1-2,5-6,13H2/i10D. The summed E-state index contributed by atoms with van der Waals surface area (Å²) in [6.45, 7) is 0. The molecular weight excluding hydrogens is 372 g/mol. The fourth-order valence-corrected chi connectivity index (χ4v) is 5.99. The zero-order valence-electron chi connectivity index (χ0n) is 17.2. The normalized spacial score (nSPS) is 15.5. The number of fused-ring (bicyclic) bond motifs is 4. The van der Waals surface area contributed by atoms with E-state index in [0.717, 1.165) is 38.2 Å². The van der Waals surface area contributed by atoms with Crippen LogP contribution in [0.5, 0.6) is 0 Å². The van der Waals surface area contributed by atoms with E-state index in [4.69, 9.17) is 1.37 Å².